The number of fused-ring (bicyclic) bond motifs is 1. The maximum absolute atomic E-state index is 13.1. The number of aryl methyl sites for hydroxylation is 2. The molecule has 154 valence electrons. The Morgan fingerprint density at radius 1 is 1.17 bits per heavy atom. The Morgan fingerprint density at radius 2 is 1.90 bits per heavy atom. The highest BCUT2D eigenvalue weighted by Crippen LogP contribution is 2.44. The third-order valence-electron chi connectivity index (χ3n) is 6.39. The molecule has 5 nitrogen and oxygen atoms in total. The van der Waals surface area contributed by atoms with E-state index in [1.54, 1.807) is 6.07 Å². The van der Waals surface area contributed by atoms with Crippen LogP contribution in [0.2, 0.25) is 5.02 Å². The van der Waals surface area contributed by atoms with E-state index in [-0.39, 0.29) is 17.5 Å². The Kier molecular flexibility index (Phi) is 5.77. The van der Waals surface area contributed by atoms with Crippen LogP contribution in [0.4, 0.5) is 0 Å². The third-order valence-corrected chi connectivity index (χ3v) is 6.64. The van der Waals surface area contributed by atoms with Crippen LogP contribution < -0.4 is 10.9 Å². The Hall–Kier alpha value is -2.14. The lowest BCUT2D eigenvalue weighted by Gasteiger charge is -2.41. The van der Waals surface area contributed by atoms with E-state index in [1.165, 1.54) is 11.1 Å². The monoisotopic (exact) mass is 413 g/mol. The molecule has 2 aromatic rings. The zero-order valence-electron chi connectivity index (χ0n) is 16.9. The van der Waals surface area contributed by atoms with Gasteiger partial charge in [-0.25, -0.2) is 4.68 Å². The van der Waals surface area contributed by atoms with E-state index >= 15 is 0 Å². The van der Waals surface area contributed by atoms with Crippen molar-refractivity contribution in [3.8, 4) is 0 Å². The molecule has 0 unspecified atom stereocenters. The largest absolute Gasteiger partial charge is 0.351 e. The summed E-state index contributed by atoms with van der Waals surface area (Å²) in [6.07, 6.45) is 8.00. The van der Waals surface area contributed by atoms with E-state index < -0.39 is 5.41 Å². The van der Waals surface area contributed by atoms with Crippen LogP contribution in [0.3, 0.4) is 0 Å². The molecule has 1 amide bonds. The topological polar surface area (TPSA) is 64.0 Å². The van der Waals surface area contributed by atoms with Crippen LogP contribution in [-0.4, -0.2) is 21.7 Å². The predicted octanol–water partition coefficient (Wildman–Crippen LogP) is 3.79. The zero-order valence-corrected chi connectivity index (χ0v) is 17.7. The van der Waals surface area contributed by atoms with Crippen molar-refractivity contribution >= 4 is 17.5 Å². The predicted molar refractivity (Wildman–Crippen MR) is 114 cm³/mol. The van der Waals surface area contributed by atoms with Gasteiger partial charge in [0.25, 0.3) is 5.56 Å². The van der Waals surface area contributed by atoms with Gasteiger partial charge in [-0.2, -0.15) is 5.10 Å². The molecular formula is C23H28ClN3O2. The van der Waals surface area contributed by atoms with Crippen LogP contribution in [-0.2, 0) is 29.6 Å². The molecule has 0 saturated heterocycles. The van der Waals surface area contributed by atoms with E-state index in [9.17, 15) is 9.59 Å². The smallest absolute Gasteiger partial charge is 0.267 e. The van der Waals surface area contributed by atoms with Crippen LogP contribution in [0.25, 0.3) is 0 Å². The van der Waals surface area contributed by atoms with Gasteiger partial charge < -0.3 is 5.32 Å². The average Bonchev–Trinajstić information content (AvgIpc) is 2.87. The number of hydrogen-bond donors (Lipinski definition) is 1. The molecule has 2 aliphatic carbocycles. The van der Waals surface area contributed by atoms with E-state index in [1.807, 2.05) is 31.2 Å². The fourth-order valence-corrected chi connectivity index (χ4v) is 4.65. The van der Waals surface area contributed by atoms with Crippen molar-refractivity contribution in [2.45, 2.75) is 76.3 Å². The summed E-state index contributed by atoms with van der Waals surface area (Å²) in [4.78, 5) is 25.7. The summed E-state index contributed by atoms with van der Waals surface area (Å²) in [6, 6.07) is 9.14. The highest BCUT2D eigenvalue weighted by molar-refractivity contribution is 6.30. The van der Waals surface area contributed by atoms with Crippen molar-refractivity contribution in [2.24, 2.45) is 0 Å². The van der Waals surface area contributed by atoms with E-state index in [4.69, 9.17) is 11.6 Å². The Balaban J connectivity index is 1.47. The second-order valence-corrected chi connectivity index (χ2v) is 8.95. The van der Waals surface area contributed by atoms with Gasteiger partial charge in [-0.1, -0.05) is 36.6 Å². The Morgan fingerprint density at radius 3 is 2.59 bits per heavy atom. The van der Waals surface area contributed by atoms with Gasteiger partial charge in [0, 0.05) is 17.1 Å². The van der Waals surface area contributed by atoms with Gasteiger partial charge >= 0.3 is 0 Å². The van der Waals surface area contributed by atoms with Gasteiger partial charge in [0.1, 0.15) is 0 Å². The molecule has 1 N–H and O–H groups in total. The van der Waals surface area contributed by atoms with Gasteiger partial charge in [0.15, 0.2) is 0 Å². The quantitative estimate of drug-likeness (QED) is 0.758. The number of benzene rings is 1. The summed E-state index contributed by atoms with van der Waals surface area (Å²) in [5.41, 5.74) is 2.58. The molecule has 29 heavy (non-hydrogen) atoms. The number of aromatic nitrogens is 2. The van der Waals surface area contributed by atoms with Gasteiger partial charge in [-0.15, -0.1) is 0 Å². The molecule has 2 aliphatic rings. The average molecular weight is 414 g/mol. The number of carbonyl (C=O) groups excluding carboxylic acids is 1. The highest BCUT2D eigenvalue weighted by Gasteiger charge is 2.45. The number of hydrogen-bond acceptors (Lipinski definition) is 3. The lowest BCUT2D eigenvalue weighted by molar-refractivity contribution is -0.130. The van der Waals surface area contributed by atoms with Crippen molar-refractivity contribution in [3.63, 3.8) is 0 Å². The number of carbonyl (C=O) groups is 1. The standard InChI is InChI=1S/C23H28ClN3O2/c1-16(15-27-21(28)14-17-6-3-2-4-7-20(17)26-27)25-22(29)23(12-5-13-23)18-8-10-19(24)11-9-18/h8-11,14,16H,2-7,12-13,15H2,1H3,(H,25,29)/t16-/m1/s1. The van der Waals surface area contributed by atoms with Crippen LogP contribution >= 0.6 is 11.6 Å². The zero-order chi connectivity index (χ0) is 20.4. The molecule has 0 spiro atoms. The van der Waals surface area contributed by atoms with Crippen LogP contribution in [0.5, 0.6) is 0 Å². The van der Waals surface area contributed by atoms with Crippen molar-refractivity contribution in [3.05, 3.63) is 62.5 Å². The van der Waals surface area contributed by atoms with Gasteiger partial charge in [0.05, 0.1) is 17.7 Å². The molecule has 4 rings (SSSR count). The normalized spacial score (nSPS) is 18.8. The number of nitrogens with one attached hydrogen (secondary N) is 1. The summed E-state index contributed by atoms with van der Waals surface area (Å²) >= 11 is 6.01. The first-order chi connectivity index (χ1) is 14.0. The fourth-order valence-electron chi connectivity index (χ4n) is 4.52. The number of halogens is 1. The maximum atomic E-state index is 13.1. The first-order valence-electron chi connectivity index (χ1n) is 10.6. The summed E-state index contributed by atoms with van der Waals surface area (Å²) < 4.78 is 1.52. The van der Waals surface area contributed by atoms with E-state index in [2.05, 4.69) is 10.4 Å². The fraction of sp³-hybridized carbons (Fsp3) is 0.522. The van der Waals surface area contributed by atoms with Crippen LogP contribution in [0, 0.1) is 0 Å². The Labute approximate surface area is 176 Å². The van der Waals surface area contributed by atoms with Crippen molar-refractivity contribution < 1.29 is 4.79 Å². The molecule has 1 aromatic heterocycles. The number of amides is 1. The molecule has 0 radical (unpaired) electrons. The minimum Gasteiger partial charge on any atom is -0.351 e. The number of rotatable bonds is 5. The van der Waals surface area contributed by atoms with Crippen molar-refractivity contribution in [1.82, 2.24) is 15.1 Å². The highest BCUT2D eigenvalue weighted by atomic mass is 35.5. The van der Waals surface area contributed by atoms with E-state index in [0.717, 1.165) is 61.8 Å². The van der Waals surface area contributed by atoms with Crippen LogP contribution in [0.1, 0.15) is 62.3 Å². The second kappa shape index (κ2) is 8.31. The molecule has 1 aromatic carbocycles. The molecule has 6 heteroatoms. The van der Waals surface area contributed by atoms with Gasteiger partial charge in [-0.05, 0) is 68.7 Å². The Bertz CT molecular complexity index is 948. The third kappa shape index (κ3) is 4.11. The summed E-state index contributed by atoms with van der Waals surface area (Å²) in [6.45, 7) is 2.32. The van der Waals surface area contributed by atoms with Gasteiger partial charge in [0.2, 0.25) is 5.91 Å². The lowest BCUT2D eigenvalue weighted by atomic mass is 9.63. The van der Waals surface area contributed by atoms with Crippen molar-refractivity contribution in [2.75, 3.05) is 0 Å². The molecule has 1 saturated carbocycles. The van der Waals surface area contributed by atoms with E-state index in [0.29, 0.717) is 11.6 Å². The second-order valence-electron chi connectivity index (χ2n) is 8.51. The minimum absolute atomic E-state index is 0.0291. The number of nitrogens with zero attached hydrogens (tertiary/aromatic N) is 2. The lowest BCUT2D eigenvalue weighted by Crippen LogP contribution is -2.52. The molecule has 1 atom stereocenters. The molecular weight excluding hydrogens is 386 g/mol. The van der Waals surface area contributed by atoms with Gasteiger partial charge in [-0.3, -0.25) is 9.59 Å². The first kappa shape index (κ1) is 20.1. The SMILES string of the molecule is C[C@H](Cn1nc2c(cc1=O)CCCCC2)NC(=O)C1(c2ccc(Cl)cc2)CCC1. The maximum Gasteiger partial charge on any atom is 0.267 e. The summed E-state index contributed by atoms with van der Waals surface area (Å²) in [7, 11) is 0. The minimum atomic E-state index is -0.481. The van der Waals surface area contributed by atoms with Crippen LogP contribution in [0.15, 0.2) is 35.1 Å². The first-order valence-corrected chi connectivity index (χ1v) is 11.0. The summed E-state index contributed by atoms with van der Waals surface area (Å²) in [5.74, 6) is 0.0291. The molecule has 0 aliphatic heterocycles. The summed E-state index contributed by atoms with van der Waals surface area (Å²) in [5, 5.41) is 8.43. The molecule has 1 heterocycles. The van der Waals surface area contributed by atoms with Crippen molar-refractivity contribution in [1.29, 1.82) is 0 Å². The molecule has 0 bridgehead atoms. The molecule has 1 fully saturated rings.